The largest absolute Gasteiger partial charge is 0.416 e. The zero-order valence-corrected chi connectivity index (χ0v) is 11.2. The molecule has 0 saturated carbocycles. The maximum absolute atomic E-state index is 12.4. The molecular formula is C14H23F3. The summed E-state index contributed by atoms with van der Waals surface area (Å²) >= 11 is 0. The molecule has 0 radical (unpaired) electrons. The van der Waals surface area contributed by atoms with Gasteiger partial charge in [0.2, 0.25) is 0 Å². The van der Waals surface area contributed by atoms with Crippen LogP contribution in [0.3, 0.4) is 0 Å². The van der Waals surface area contributed by atoms with Crippen LogP contribution in [0.5, 0.6) is 0 Å². The highest BCUT2D eigenvalue weighted by atomic mass is 19.4. The number of alkyl halides is 3. The Morgan fingerprint density at radius 1 is 1.24 bits per heavy atom. The predicted octanol–water partition coefficient (Wildman–Crippen LogP) is 5.82. The Labute approximate surface area is 103 Å². The molecule has 0 aromatic heterocycles. The van der Waals surface area contributed by atoms with E-state index < -0.39 is 11.7 Å². The molecule has 0 amide bonds. The van der Waals surface area contributed by atoms with Crippen molar-refractivity contribution in [2.75, 3.05) is 0 Å². The Bertz CT molecular complexity index is 270. The van der Waals surface area contributed by atoms with Crippen molar-refractivity contribution in [1.29, 1.82) is 0 Å². The average Bonchev–Trinajstić information content (AvgIpc) is 2.33. The van der Waals surface area contributed by atoms with Gasteiger partial charge in [-0.1, -0.05) is 32.4 Å². The van der Waals surface area contributed by atoms with Crippen LogP contribution in [-0.2, 0) is 0 Å². The van der Waals surface area contributed by atoms with E-state index >= 15 is 0 Å². The molecule has 1 aliphatic rings. The molecule has 0 nitrogen and oxygen atoms in total. The number of halogens is 3. The molecule has 17 heavy (non-hydrogen) atoms. The predicted molar refractivity (Wildman–Crippen MR) is 69.0 cm³/mol. The van der Waals surface area contributed by atoms with Crippen molar-refractivity contribution in [3.63, 3.8) is 0 Å². The molecule has 1 rings (SSSR count). The second kappa shape index (κ2) is 9.08. The minimum Gasteiger partial charge on any atom is -0.166 e. The lowest BCUT2D eigenvalue weighted by Crippen LogP contribution is -2.16. The van der Waals surface area contributed by atoms with Gasteiger partial charge in [0.05, 0.1) is 5.57 Å². The number of hydrogen-bond acceptors (Lipinski definition) is 0. The highest BCUT2D eigenvalue weighted by Gasteiger charge is 2.35. The van der Waals surface area contributed by atoms with Gasteiger partial charge in [-0.25, -0.2) is 0 Å². The van der Waals surface area contributed by atoms with Crippen molar-refractivity contribution in [3.05, 3.63) is 36.0 Å². The van der Waals surface area contributed by atoms with Crippen molar-refractivity contribution in [2.24, 2.45) is 0 Å². The first-order chi connectivity index (χ1) is 7.96. The molecule has 100 valence electrons. The van der Waals surface area contributed by atoms with Crippen LogP contribution in [-0.4, -0.2) is 6.18 Å². The lowest BCUT2D eigenvalue weighted by molar-refractivity contribution is -0.0898. The molecule has 0 N–H and O–H groups in total. The molecule has 0 saturated heterocycles. The molecular weight excluding hydrogens is 225 g/mol. The molecule has 0 atom stereocenters. The van der Waals surface area contributed by atoms with Crippen LogP contribution in [0.4, 0.5) is 13.2 Å². The maximum Gasteiger partial charge on any atom is 0.416 e. The first-order valence-corrected chi connectivity index (χ1v) is 5.93. The molecule has 0 spiro atoms. The average molecular weight is 248 g/mol. The van der Waals surface area contributed by atoms with Crippen molar-refractivity contribution >= 4 is 0 Å². The molecule has 0 fully saturated rings. The van der Waals surface area contributed by atoms with E-state index in [0.717, 1.165) is 18.4 Å². The first-order valence-electron chi connectivity index (χ1n) is 5.93. The van der Waals surface area contributed by atoms with E-state index in [1.807, 2.05) is 20.8 Å². The Morgan fingerprint density at radius 3 is 2.06 bits per heavy atom. The summed E-state index contributed by atoms with van der Waals surface area (Å²) in [6.07, 6.45) is -0.851. The van der Waals surface area contributed by atoms with Gasteiger partial charge in [-0.15, -0.1) is 13.2 Å². The normalized spacial score (nSPS) is 15.1. The second-order valence-corrected chi connectivity index (χ2v) is 3.24. The first kappa shape index (κ1) is 18.4. The number of allylic oxidation sites excluding steroid dienone is 4. The summed E-state index contributed by atoms with van der Waals surface area (Å²) in [4.78, 5) is 0. The van der Waals surface area contributed by atoms with Gasteiger partial charge >= 0.3 is 6.18 Å². The SMILES string of the molecule is C=C.CC.CCC1=C(C)C(C(F)(F)F)=CCC1. The Kier molecular flexibility index (Phi) is 9.82. The fourth-order valence-corrected chi connectivity index (χ4v) is 1.69. The van der Waals surface area contributed by atoms with Crippen LogP contribution < -0.4 is 0 Å². The summed E-state index contributed by atoms with van der Waals surface area (Å²) < 4.78 is 37.2. The third kappa shape index (κ3) is 5.76. The van der Waals surface area contributed by atoms with E-state index in [9.17, 15) is 13.2 Å². The van der Waals surface area contributed by atoms with E-state index in [-0.39, 0.29) is 0 Å². The molecule has 0 heterocycles. The van der Waals surface area contributed by atoms with Crippen molar-refractivity contribution < 1.29 is 13.2 Å². The molecule has 0 aromatic rings. The number of rotatable bonds is 1. The zero-order valence-electron chi connectivity index (χ0n) is 11.2. The zero-order chi connectivity index (χ0) is 14.1. The van der Waals surface area contributed by atoms with E-state index in [4.69, 9.17) is 0 Å². The molecule has 3 heteroatoms. The number of hydrogen-bond donors (Lipinski definition) is 0. The van der Waals surface area contributed by atoms with Crippen LogP contribution >= 0.6 is 0 Å². The van der Waals surface area contributed by atoms with Gasteiger partial charge in [0.15, 0.2) is 0 Å². The van der Waals surface area contributed by atoms with Gasteiger partial charge in [0, 0.05) is 0 Å². The van der Waals surface area contributed by atoms with Gasteiger partial charge in [-0.3, -0.25) is 0 Å². The highest BCUT2D eigenvalue weighted by molar-refractivity contribution is 5.39. The van der Waals surface area contributed by atoms with E-state index in [0.29, 0.717) is 12.0 Å². The highest BCUT2D eigenvalue weighted by Crippen LogP contribution is 2.37. The summed E-state index contributed by atoms with van der Waals surface area (Å²) in [5.41, 5.74) is 0.937. The fourth-order valence-electron chi connectivity index (χ4n) is 1.69. The molecule has 0 unspecified atom stereocenters. The summed E-state index contributed by atoms with van der Waals surface area (Å²) in [7, 11) is 0. The van der Waals surface area contributed by atoms with Gasteiger partial charge in [-0.05, 0) is 31.8 Å². The lowest BCUT2D eigenvalue weighted by Gasteiger charge is -2.20. The third-order valence-electron chi connectivity index (χ3n) is 2.46. The van der Waals surface area contributed by atoms with Crippen LogP contribution in [0, 0.1) is 0 Å². The lowest BCUT2D eigenvalue weighted by atomic mass is 9.90. The second-order valence-electron chi connectivity index (χ2n) is 3.24. The Balaban J connectivity index is 0. The van der Waals surface area contributed by atoms with Crippen molar-refractivity contribution in [2.45, 2.75) is 53.1 Å². The molecule has 0 aliphatic heterocycles. The topological polar surface area (TPSA) is 0 Å². The van der Waals surface area contributed by atoms with Gasteiger partial charge in [-0.2, -0.15) is 13.2 Å². The molecule has 1 aliphatic carbocycles. The van der Waals surface area contributed by atoms with Crippen LogP contribution in [0.2, 0.25) is 0 Å². The van der Waals surface area contributed by atoms with Crippen molar-refractivity contribution in [1.82, 2.24) is 0 Å². The van der Waals surface area contributed by atoms with Gasteiger partial charge < -0.3 is 0 Å². The van der Waals surface area contributed by atoms with Crippen LogP contribution in [0.25, 0.3) is 0 Å². The third-order valence-corrected chi connectivity index (χ3v) is 2.46. The molecule has 0 aromatic carbocycles. The Hall–Kier alpha value is -0.990. The smallest absolute Gasteiger partial charge is 0.166 e. The van der Waals surface area contributed by atoms with E-state index in [1.165, 1.54) is 6.08 Å². The monoisotopic (exact) mass is 248 g/mol. The molecule has 0 bridgehead atoms. The van der Waals surface area contributed by atoms with E-state index in [2.05, 4.69) is 13.2 Å². The summed E-state index contributed by atoms with van der Waals surface area (Å²) in [5.74, 6) is 0. The summed E-state index contributed by atoms with van der Waals surface area (Å²) in [5, 5.41) is 0. The maximum atomic E-state index is 12.4. The standard InChI is InChI=1S/C10H13F3.C2H6.C2H4/c1-3-8-5-4-6-9(7(8)2)10(11,12)13;2*1-2/h6H,3-5H2,1-2H3;1-2H3;1-2H2. The van der Waals surface area contributed by atoms with Crippen molar-refractivity contribution in [3.8, 4) is 0 Å². The minimum absolute atomic E-state index is 0.432. The van der Waals surface area contributed by atoms with Crippen LogP contribution in [0.15, 0.2) is 36.0 Å². The quantitative estimate of drug-likeness (QED) is 0.512. The van der Waals surface area contributed by atoms with Gasteiger partial charge in [0.1, 0.15) is 0 Å². The Morgan fingerprint density at radius 2 is 1.71 bits per heavy atom. The summed E-state index contributed by atoms with van der Waals surface area (Å²) in [6.45, 7) is 13.5. The van der Waals surface area contributed by atoms with Gasteiger partial charge in [0.25, 0.3) is 0 Å². The van der Waals surface area contributed by atoms with Crippen LogP contribution in [0.1, 0.15) is 47.0 Å². The summed E-state index contributed by atoms with van der Waals surface area (Å²) in [6, 6.07) is 0. The fraction of sp³-hybridized carbons (Fsp3) is 0.571. The minimum atomic E-state index is -4.18. The van der Waals surface area contributed by atoms with E-state index in [1.54, 1.807) is 6.92 Å².